The number of rotatable bonds is 2. The zero-order valence-electron chi connectivity index (χ0n) is 21.2. The highest BCUT2D eigenvalue weighted by molar-refractivity contribution is 6.51. The van der Waals surface area contributed by atoms with E-state index in [9.17, 15) is 40.2 Å². The summed E-state index contributed by atoms with van der Waals surface area (Å²) in [5.74, 6) is -2.70. The molecule has 0 bridgehead atoms. The van der Waals surface area contributed by atoms with E-state index in [1.807, 2.05) is 13.8 Å². The summed E-state index contributed by atoms with van der Waals surface area (Å²) in [7, 11) is 0. The van der Waals surface area contributed by atoms with Crippen LogP contribution in [0.1, 0.15) is 25.0 Å². The first-order valence-corrected chi connectivity index (χ1v) is 12.9. The van der Waals surface area contributed by atoms with Crippen LogP contribution in [0, 0.1) is 0 Å². The lowest BCUT2D eigenvalue weighted by molar-refractivity contribution is 0.450. The van der Waals surface area contributed by atoms with Gasteiger partial charge >= 0.3 is 0 Å². The number of aromatic hydroxyl groups is 6. The van der Waals surface area contributed by atoms with Crippen LogP contribution in [-0.4, -0.2) is 30.6 Å². The third kappa shape index (κ3) is 2.19. The number of phenolic OH excluding ortho intramolecular Hbond substituents is 6. The Kier molecular flexibility index (Phi) is 3.89. The van der Waals surface area contributed by atoms with Gasteiger partial charge in [-0.3, -0.25) is 9.59 Å². The first kappa shape index (κ1) is 22.7. The largest absolute Gasteiger partial charge is 0.507 e. The van der Waals surface area contributed by atoms with Crippen LogP contribution in [0.4, 0.5) is 0 Å². The molecule has 0 atom stereocenters. The van der Waals surface area contributed by atoms with Crippen molar-refractivity contribution in [1.82, 2.24) is 0 Å². The van der Waals surface area contributed by atoms with Gasteiger partial charge in [-0.2, -0.15) is 0 Å². The zero-order valence-corrected chi connectivity index (χ0v) is 21.2. The predicted molar refractivity (Wildman–Crippen MR) is 155 cm³/mol. The van der Waals surface area contributed by atoms with Crippen molar-refractivity contribution >= 4 is 75.4 Å². The molecule has 0 saturated heterocycles. The van der Waals surface area contributed by atoms with Gasteiger partial charge in [0, 0.05) is 55.2 Å². The zero-order chi connectivity index (χ0) is 28.1. The molecule has 0 aliphatic rings. The third-order valence-electron chi connectivity index (χ3n) is 8.78. The summed E-state index contributed by atoms with van der Waals surface area (Å²) in [5.41, 5.74) is 0.418. The molecule has 8 nitrogen and oxygen atoms in total. The highest BCUT2D eigenvalue weighted by Crippen LogP contribution is 2.60. The highest BCUT2D eigenvalue weighted by Gasteiger charge is 2.33. The van der Waals surface area contributed by atoms with Gasteiger partial charge in [0.2, 0.25) is 0 Å². The average molecular weight is 533 g/mol. The summed E-state index contributed by atoms with van der Waals surface area (Å²) in [6, 6.07) is 4.93. The van der Waals surface area contributed by atoms with Crippen molar-refractivity contribution in [3.8, 4) is 34.5 Å². The topological polar surface area (TPSA) is 156 Å². The molecule has 40 heavy (non-hydrogen) atoms. The molecule has 0 amide bonds. The van der Waals surface area contributed by atoms with Crippen LogP contribution in [0.2, 0.25) is 0 Å². The van der Waals surface area contributed by atoms with Crippen molar-refractivity contribution in [2.45, 2.75) is 26.7 Å². The van der Waals surface area contributed by atoms with E-state index < -0.39 is 45.4 Å². The highest BCUT2D eigenvalue weighted by atomic mass is 16.3. The van der Waals surface area contributed by atoms with E-state index in [0.29, 0.717) is 56.3 Å². The SMILES string of the molecule is CCc1cc(=O)c2c(O)c3c(O)cc(O)c4c5c(O)cc(O)c6c(O)c7c(=O)cc(CC)c8c1c2c(c34)c(c65)c78. The first-order valence-electron chi connectivity index (χ1n) is 12.9. The Morgan fingerprint density at radius 1 is 0.400 bits per heavy atom. The van der Waals surface area contributed by atoms with Crippen molar-refractivity contribution in [2.24, 2.45) is 0 Å². The molecule has 0 unspecified atom stereocenters. The van der Waals surface area contributed by atoms with Crippen molar-refractivity contribution in [2.75, 3.05) is 0 Å². The molecule has 0 aliphatic carbocycles. The Bertz CT molecular complexity index is 2370. The van der Waals surface area contributed by atoms with Gasteiger partial charge in [-0.1, -0.05) is 13.8 Å². The summed E-state index contributed by atoms with van der Waals surface area (Å²) >= 11 is 0. The Morgan fingerprint density at radius 2 is 0.700 bits per heavy atom. The van der Waals surface area contributed by atoms with Crippen molar-refractivity contribution in [3.63, 3.8) is 0 Å². The molecule has 0 aromatic heterocycles. The molecule has 8 heteroatoms. The Hall–Kier alpha value is -5.24. The second-order valence-corrected chi connectivity index (χ2v) is 10.6. The van der Waals surface area contributed by atoms with Gasteiger partial charge in [0.25, 0.3) is 0 Å². The quantitative estimate of drug-likeness (QED) is 0.124. The predicted octanol–water partition coefficient (Wildman–Crippen LogP) is 5.59. The van der Waals surface area contributed by atoms with Crippen molar-refractivity contribution < 1.29 is 30.6 Å². The molecular formula is C32H20O8. The number of aryl methyl sites for hydroxylation is 2. The number of hydrogen-bond acceptors (Lipinski definition) is 8. The van der Waals surface area contributed by atoms with Gasteiger partial charge in [0.1, 0.15) is 34.5 Å². The average Bonchev–Trinajstić information content (AvgIpc) is 2.90. The minimum absolute atomic E-state index is 0.0252. The van der Waals surface area contributed by atoms with E-state index in [1.54, 1.807) is 0 Å². The number of fused-ring (bicyclic) bond motifs is 2. The molecule has 0 aliphatic heterocycles. The number of phenols is 6. The van der Waals surface area contributed by atoms with E-state index in [0.717, 1.165) is 12.1 Å². The molecule has 8 aromatic carbocycles. The second-order valence-electron chi connectivity index (χ2n) is 10.6. The fourth-order valence-electron chi connectivity index (χ4n) is 7.32. The summed E-state index contributed by atoms with van der Waals surface area (Å²) in [6.45, 7) is 3.78. The van der Waals surface area contributed by atoms with E-state index in [2.05, 4.69) is 0 Å². The van der Waals surface area contributed by atoms with Crippen LogP contribution in [-0.2, 0) is 12.8 Å². The van der Waals surface area contributed by atoms with Gasteiger partial charge in [0.05, 0.1) is 21.5 Å². The van der Waals surface area contributed by atoms with E-state index >= 15 is 0 Å². The lowest BCUT2D eigenvalue weighted by Gasteiger charge is -2.26. The molecule has 6 N–H and O–H groups in total. The van der Waals surface area contributed by atoms with Gasteiger partial charge in [-0.25, -0.2) is 0 Å². The van der Waals surface area contributed by atoms with E-state index in [-0.39, 0.29) is 43.1 Å². The molecule has 196 valence electrons. The van der Waals surface area contributed by atoms with E-state index in [1.165, 1.54) is 12.1 Å². The summed E-state index contributed by atoms with van der Waals surface area (Å²) in [5, 5.41) is 70.5. The molecule has 0 spiro atoms. The molecule has 0 radical (unpaired) electrons. The monoisotopic (exact) mass is 532 g/mol. The summed E-state index contributed by atoms with van der Waals surface area (Å²) in [4.78, 5) is 27.2. The Balaban J connectivity index is 2.02. The number of benzene rings is 8. The normalized spacial score (nSPS) is 12.8. The van der Waals surface area contributed by atoms with Gasteiger partial charge in [-0.05, 0) is 46.9 Å². The van der Waals surface area contributed by atoms with Crippen LogP contribution in [0.25, 0.3) is 75.4 Å². The summed E-state index contributed by atoms with van der Waals surface area (Å²) < 4.78 is 0. The maximum absolute atomic E-state index is 13.6. The lowest BCUT2D eigenvalue weighted by Crippen LogP contribution is -2.10. The van der Waals surface area contributed by atoms with Crippen LogP contribution < -0.4 is 10.9 Å². The summed E-state index contributed by atoms with van der Waals surface area (Å²) in [6.07, 6.45) is 0.894. The fourth-order valence-corrected chi connectivity index (χ4v) is 7.32. The van der Waals surface area contributed by atoms with Crippen LogP contribution in [0.15, 0.2) is 33.9 Å². The Labute approximate surface area is 223 Å². The fraction of sp³-hybridized carbons (Fsp3) is 0.125. The first-order chi connectivity index (χ1) is 19.1. The third-order valence-corrected chi connectivity index (χ3v) is 8.78. The maximum Gasteiger partial charge on any atom is 0.190 e. The van der Waals surface area contributed by atoms with Crippen LogP contribution in [0.3, 0.4) is 0 Å². The van der Waals surface area contributed by atoms with Gasteiger partial charge in [0.15, 0.2) is 10.9 Å². The van der Waals surface area contributed by atoms with Gasteiger partial charge in [-0.15, -0.1) is 0 Å². The molecule has 0 heterocycles. The van der Waals surface area contributed by atoms with E-state index in [4.69, 9.17) is 0 Å². The molecule has 0 fully saturated rings. The van der Waals surface area contributed by atoms with Crippen molar-refractivity contribution in [3.05, 3.63) is 55.8 Å². The minimum Gasteiger partial charge on any atom is -0.507 e. The number of hydrogen-bond donors (Lipinski definition) is 6. The van der Waals surface area contributed by atoms with Gasteiger partial charge < -0.3 is 30.6 Å². The smallest absolute Gasteiger partial charge is 0.190 e. The molecule has 0 saturated carbocycles. The standard InChI is InChI=1S/C32H20O8/c1-3-9-5-11(33)21-25-17(9)18-10(4-2)6-12(34)22-26(18)30-28-20(14(36)8-16(38)24(28)32(22)40)19-13(35)7-15(37)23(31(21)39)27(19)29(25)30/h5-8,35-40H,3-4H2,1-2H3. The second kappa shape index (κ2) is 6.84. The molecule has 8 aromatic rings. The minimum atomic E-state index is -0.474. The van der Waals surface area contributed by atoms with Crippen LogP contribution in [0.5, 0.6) is 34.5 Å². The lowest BCUT2D eigenvalue weighted by atomic mass is 9.77. The molecular weight excluding hydrogens is 512 g/mol. The molecule has 8 rings (SSSR count). The Morgan fingerprint density at radius 3 is 1.05 bits per heavy atom. The maximum atomic E-state index is 13.6. The van der Waals surface area contributed by atoms with Crippen molar-refractivity contribution in [1.29, 1.82) is 0 Å². The van der Waals surface area contributed by atoms with Crippen LogP contribution >= 0.6 is 0 Å².